The SMILES string of the molecule is CC1(C)[N+](=O)C(c2ccccn2)=[N+]([O-])C1(C)C.CC1(C)[N+](=O)C(c2ccccn2)=[N+]([O-])C1(C)C.O=[N+]([O-])[O-].O=[N+]([O-])[O-].O=[N+]([O-])[O-].[Tb]. The summed E-state index contributed by atoms with van der Waals surface area (Å²) in [7, 11) is 0. The van der Waals surface area contributed by atoms with Crippen molar-refractivity contribution in [2.24, 2.45) is 0 Å². The molecule has 0 saturated carbocycles. The molecule has 0 aromatic carbocycles. The third kappa shape index (κ3) is 10.7. The fourth-order valence-corrected chi connectivity index (χ4v) is 3.62. The molecule has 2 aliphatic heterocycles. The van der Waals surface area contributed by atoms with Gasteiger partial charge in [0.15, 0.2) is 0 Å². The van der Waals surface area contributed by atoms with Crippen LogP contribution >= 0.6 is 0 Å². The van der Waals surface area contributed by atoms with Gasteiger partial charge in [-0.2, -0.15) is 0 Å². The molecule has 0 saturated heterocycles. The molecule has 4 heterocycles. The monoisotopic (exact) mass is 813 g/mol. The minimum Gasteiger partial charge on any atom is -0.618 e. The van der Waals surface area contributed by atoms with Gasteiger partial charge in [-0.3, -0.25) is 0 Å². The molecule has 0 amide bonds. The first-order valence-corrected chi connectivity index (χ1v) is 12.7. The molecule has 47 heavy (non-hydrogen) atoms. The summed E-state index contributed by atoms with van der Waals surface area (Å²) in [6.45, 7) is 14.1. The molecule has 1 radical (unpaired) electrons. The first kappa shape index (κ1) is 44.5. The van der Waals surface area contributed by atoms with Crippen molar-refractivity contribution in [1.29, 1.82) is 0 Å². The number of hydroxylamine groups is 2. The second-order valence-corrected chi connectivity index (χ2v) is 11.2. The predicted octanol–water partition coefficient (Wildman–Crippen LogP) is 2.66. The molecule has 0 bridgehead atoms. The Morgan fingerprint density at radius 2 is 0.766 bits per heavy atom. The summed E-state index contributed by atoms with van der Waals surface area (Å²) in [5.41, 5.74) is -2.33. The maximum atomic E-state index is 12.3. The molecule has 2 aliphatic rings. The number of aromatic nitrogens is 2. The number of hydrogen-bond acceptors (Lipinski definition) is 15. The molecule has 0 aliphatic carbocycles. The molecule has 0 unspecified atom stereocenters. The zero-order valence-corrected chi connectivity index (χ0v) is 28.4. The average molecular weight is 813 g/mol. The van der Waals surface area contributed by atoms with Gasteiger partial charge in [-0.05, 0) is 24.3 Å². The Labute approximate surface area is 297 Å². The van der Waals surface area contributed by atoms with Gasteiger partial charge in [0, 0.05) is 116 Å². The van der Waals surface area contributed by atoms with Gasteiger partial charge in [-0.25, -0.2) is 9.97 Å². The van der Waals surface area contributed by atoms with Crippen LogP contribution in [0.2, 0.25) is 0 Å². The molecular weight excluding hydrogens is 781 g/mol. The van der Waals surface area contributed by atoms with E-state index in [1.54, 1.807) is 104 Å². The topological polar surface area (TPSA) is 317 Å². The van der Waals surface area contributed by atoms with Gasteiger partial charge in [-0.15, -0.1) is 9.48 Å². The quantitative estimate of drug-likeness (QED) is 0.182. The van der Waals surface area contributed by atoms with E-state index in [1.807, 2.05) is 0 Å². The van der Waals surface area contributed by atoms with Crippen molar-refractivity contribution < 1.29 is 72.9 Å². The Bertz CT molecular complexity index is 1380. The minimum atomic E-state index is -1.75. The largest absolute Gasteiger partial charge is 0.618 e. The van der Waals surface area contributed by atoms with Crippen molar-refractivity contribution in [3.8, 4) is 0 Å². The summed E-state index contributed by atoms with van der Waals surface area (Å²) in [4.78, 5) is 57.4. The fourth-order valence-electron chi connectivity index (χ4n) is 3.62. The van der Waals surface area contributed by atoms with E-state index < -0.39 is 37.4 Å². The van der Waals surface area contributed by atoms with E-state index in [4.69, 9.17) is 46.0 Å². The van der Waals surface area contributed by atoms with Crippen molar-refractivity contribution in [2.75, 3.05) is 0 Å². The number of hydrogen-bond donors (Lipinski definition) is 0. The number of amidine groups is 2. The second kappa shape index (κ2) is 17.3. The fraction of sp³-hybridized carbons (Fsp3) is 0.500. The van der Waals surface area contributed by atoms with Gasteiger partial charge >= 0.3 is 11.7 Å². The van der Waals surface area contributed by atoms with Gasteiger partial charge in [0.25, 0.3) is 11.1 Å². The summed E-state index contributed by atoms with van der Waals surface area (Å²) < 4.78 is 3.06. The molecule has 0 atom stereocenters. The van der Waals surface area contributed by atoms with Crippen LogP contribution in [0.3, 0.4) is 0 Å². The van der Waals surface area contributed by atoms with Gasteiger partial charge in [0.1, 0.15) is 9.52 Å². The van der Waals surface area contributed by atoms with E-state index in [-0.39, 0.29) is 50.3 Å². The number of nitroso groups, excluding NO2 is 2. The Morgan fingerprint density at radius 3 is 0.915 bits per heavy atom. The Morgan fingerprint density at radius 1 is 0.532 bits per heavy atom. The van der Waals surface area contributed by atoms with Crippen LogP contribution in [0.15, 0.2) is 48.8 Å². The molecule has 0 spiro atoms. The summed E-state index contributed by atoms with van der Waals surface area (Å²) in [5, 5.41) is 68.8. The van der Waals surface area contributed by atoms with Gasteiger partial charge in [0.2, 0.25) is 22.5 Å². The maximum Gasteiger partial charge on any atom is 0.523 e. The maximum absolute atomic E-state index is 12.3. The van der Waals surface area contributed by atoms with Gasteiger partial charge in [0.05, 0.1) is 15.3 Å². The summed E-state index contributed by atoms with van der Waals surface area (Å²) >= 11 is 0. The Kier molecular flexibility index (Phi) is 16.4. The van der Waals surface area contributed by atoms with Crippen LogP contribution in [-0.2, 0) is 0 Å². The molecule has 2 aromatic rings. The first-order chi connectivity index (χ1) is 20.8. The van der Waals surface area contributed by atoms with E-state index in [9.17, 15) is 20.2 Å². The molecule has 0 fully saturated rings. The molecule has 22 nitrogen and oxygen atoms in total. The van der Waals surface area contributed by atoms with Crippen molar-refractivity contribution >= 4 is 11.7 Å². The smallest absolute Gasteiger partial charge is 0.523 e. The molecular formula is C24H32N9O13Tb-. The third-order valence-corrected chi connectivity index (χ3v) is 7.58. The van der Waals surface area contributed by atoms with Gasteiger partial charge < -0.3 is 56.4 Å². The van der Waals surface area contributed by atoms with Crippen molar-refractivity contribution in [3.05, 3.63) is 126 Å². The summed E-state index contributed by atoms with van der Waals surface area (Å²) in [6, 6.07) is 10.4. The van der Waals surface area contributed by atoms with E-state index in [2.05, 4.69) is 9.97 Å². The van der Waals surface area contributed by atoms with Crippen molar-refractivity contribution in [1.82, 2.24) is 9.97 Å². The van der Waals surface area contributed by atoms with Crippen LogP contribution in [-0.4, -0.2) is 78.1 Å². The molecule has 0 N–H and O–H groups in total. The Hall–Kier alpha value is -4.67. The predicted molar refractivity (Wildman–Crippen MR) is 159 cm³/mol. The molecule has 2 aromatic heterocycles. The average Bonchev–Trinajstić information content (AvgIpc) is 3.12. The second-order valence-electron chi connectivity index (χ2n) is 11.2. The van der Waals surface area contributed by atoms with Crippen LogP contribution < -0.4 is 0 Å². The standard InChI is InChI=1S/2C12H16N3O2.3NO3.Tb/c2*1-11(2)12(3,4)15(17)10(14(11)16)9-7-5-6-8-13-9;3*2-1(3)4;/h2*5-8H,1-4H3;;;;/q2*+1;3*-1;. The summed E-state index contributed by atoms with van der Waals surface area (Å²) in [5.74, 6) is 0.168. The van der Waals surface area contributed by atoms with Crippen LogP contribution in [0.5, 0.6) is 0 Å². The zero-order valence-electron chi connectivity index (χ0n) is 26.3. The third-order valence-electron chi connectivity index (χ3n) is 7.58. The van der Waals surface area contributed by atoms with Crippen LogP contribution in [0.4, 0.5) is 0 Å². The summed E-state index contributed by atoms with van der Waals surface area (Å²) in [6.07, 6.45) is 3.14. The van der Waals surface area contributed by atoms with Crippen LogP contribution in [0.1, 0.15) is 66.8 Å². The van der Waals surface area contributed by atoms with E-state index in [1.165, 1.54) is 0 Å². The van der Waals surface area contributed by atoms with E-state index >= 15 is 0 Å². The van der Waals surface area contributed by atoms with Crippen LogP contribution in [0, 0.1) is 105 Å². The Balaban J connectivity index is 0. The van der Waals surface area contributed by atoms with E-state index in [0.29, 0.717) is 11.4 Å². The van der Waals surface area contributed by atoms with Crippen LogP contribution in [0.25, 0.3) is 0 Å². The molecule has 4 rings (SSSR count). The number of rotatable bonds is 2. The zero-order chi connectivity index (χ0) is 36.4. The molecule has 261 valence electrons. The minimum absolute atomic E-state index is 0. The molecule has 23 heteroatoms. The van der Waals surface area contributed by atoms with Crippen molar-refractivity contribution in [2.45, 2.75) is 77.5 Å². The number of nitrogens with zero attached hydrogens (tertiary/aromatic N) is 9. The van der Waals surface area contributed by atoms with Crippen molar-refractivity contribution in [3.63, 3.8) is 0 Å². The first-order valence-electron chi connectivity index (χ1n) is 12.7. The van der Waals surface area contributed by atoms with E-state index in [0.717, 1.165) is 19.0 Å². The normalized spacial score (nSPS) is 17.4. The van der Waals surface area contributed by atoms with Gasteiger partial charge in [-0.1, -0.05) is 12.1 Å². The number of pyridine rings is 2.